The van der Waals surface area contributed by atoms with E-state index in [2.05, 4.69) is 5.32 Å². The molecule has 1 fully saturated rings. The molecule has 1 N–H and O–H groups in total. The molecule has 25 heavy (non-hydrogen) atoms. The van der Waals surface area contributed by atoms with Crippen LogP contribution in [-0.2, 0) is 6.54 Å². The van der Waals surface area contributed by atoms with Gasteiger partial charge in [-0.2, -0.15) is 0 Å². The zero-order valence-electron chi connectivity index (χ0n) is 13.8. The summed E-state index contributed by atoms with van der Waals surface area (Å²) in [6.45, 7) is 0.482. The number of rotatable bonds is 6. The van der Waals surface area contributed by atoms with Crippen LogP contribution in [0.5, 0.6) is 5.75 Å². The molecule has 3 rings (SSSR count). The molecule has 0 atom stereocenters. The van der Waals surface area contributed by atoms with Gasteiger partial charge in [0.1, 0.15) is 5.75 Å². The molecule has 7 heteroatoms. The molecule has 2 aromatic carbocycles. The van der Waals surface area contributed by atoms with Crippen LogP contribution in [0, 0.1) is 10.1 Å². The highest BCUT2D eigenvalue weighted by atomic mass is 16.6. The lowest BCUT2D eigenvalue weighted by Gasteiger charge is -2.23. The summed E-state index contributed by atoms with van der Waals surface area (Å²) in [5.41, 5.74) is 1.37. The SMILES string of the molecule is COc1ccc(CN(C(=O)Nc2cccc([N+](=O)[O-])c2)C2CC2)cc1. The molecule has 0 bridgehead atoms. The van der Waals surface area contributed by atoms with Gasteiger partial charge < -0.3 is 15.0 Å². The van der Waals surface area contributed by atoms with Crippen molar-refractivity contribution in [1.29, 1.82) is 0 Å². The van der Waals surface area contributed by atoms with Crippen LogP contribution in [0.4, 0.5) is 16.2 Å². The summed E-state index contributed by atoms with van der Waals surface area (Å²) in [4.78, 5) is 24.8. The fourth-order valence-electron chi connectivity index (χ4n) is 2.57. The first-order chi connectivity index (χ1) is 12.1. The topological polar surface area (TPSA) is 84.7 Å². The first-order valence-corrected chi connectivity index (χ1v) is 8.02. The Kier molecular flexibility index (Phi) is 4.83. The van der Waals surface area contributed by atoms with Gasteiger partial charge >= 0.3 is 6.03 Å². The molecule has 0 aliphatic heterocycles. The number of nitro groups is 1. The van der Waals surface area contributed by atoms with E-state index >= 15 is 0 Å². The second-order valence-corrected chi connectivity index (χ2v) is 5.94. The summed E-state index contributed by atoms with van der Waals surface area (Å²) >= 11 is 0. The smallest absolute Gasteiger partial charge is 0.322 e. The molecule has 1 aliphatic carbocycles. The van der Waals surface area contributed by atoms with Crippen LogP contribution in [-0.4, -0.2) is 29.0 Å². The fraction of sp³-hybridized carbons (Fsp3) is 0.278. The second kappa shape index (κ2) is 7.21. The summed E-state index contributed by atoms with van der Waals surface area (Å²) in [5, 5.41) is 13.6. The number of hydrogen-bond donors (Lipinski definition) is 1. The lowest BCUT2D eigenvalue weighted by molar-refractivity contribution is -0.384. The summed E-state index contributed by atoms with van der Waals surface area (Å²) in [6.07, 6.45) is 1.94. The van der Waals surface area contributed by atoms with Crippen molar-refractivity contribution >= 4 is 17.4 Å². The van der Waals surface area contributed by atoms with Crippen LogP contribution < -0.4 is 10.1 Å². The third kappa shape index (κ3) is 4.26. The van der Waals surface area contributed by atoms with E-state index in [9.17, 15) is 14.9 Å². The molecule has 1 aliphatic rings. The molecule has 7 nitrogen and oxygen atoms in total. The number of hydrogen-bond acceptors (Lipinski definition) is 4. The fourth-order valence-corrected chi connectivity index (χ4v) is 2.57. The van der Waals surface area contributed by atoms with E-state index in [0.29, 0.717) is 12.2 Å². The maximum absolute atomic E-state index is 12.6. The van der Waals surface area contributed by atoms with Gasteiger partial charge in [-0.25, -0.2) is 4.79 Å². The molecule has 0 radical (unpaired) electrons. The standard InChI is InChI=1S/C18H19N3O4/c1-25-17-9-5-13(6-10-17)12-20(15-7-8-15)18(22)19-14-3-2-4-16(11-14)21(23)24/h2-6,9-11,15H,7-8,12H2,1H3,(H,19,22). The Hall–Kier alpha value is -3.09. The Morgan fingerprint density at radius 1 is 1.28 bits per heavy atom. The van der Waals surface area contributed by atoms with Crippen molar-refractivity contribution in [3.8, 4) is 5.75 Å². The summed E-state index contributed by atoms with van der Waals surface area (Å²) in [6, 6.07) is 13.5. The molecule has 0 spiro atoms. The molecule has 0 aromatic heterocycles. The van der Waals surface area contributed by atoms with Crippen molar-refractivity contribution in [2.24, 2.45) is 0 Å². The van der Waals surface area contributed by atoms with E-state index in [1.165, 1.54) is 12.1 Å². The van der Waals surface area contributed by atoms with Gasteiger partial charge in [0.15, 0.2) is 0 Å². The number of methoxy groups -OCH3 is 1. The highest BCUT2D eigenvalue weighted by molar-refractivity contribution is 5.90. The Balaban J connectivity index is 1.70. The molecular weight excluding hydrogens is 322 g/mol. The van der Waals surface area contributed by atoms with Crippen molar-refractivity contribution in [1.82, 2.24) is 4.90 Å². The average Bonchev–Trinajstić information content (AvgIpc) is 3.45. The van der Waals surface area contributed by atoms with E-state index in [1.807, 2.05) is 24.3 Å². The van der Waals surface area contributed by atoms with E-state index in [-0.39, 0.29) is 17.8 Å². The summed E-state index contributed by atoms with van der Waals surface area (Å²) in [7, 11) is 1.61. The normalized spacial score (nSPS) is 13.2. The van der Waals surface area contributed by atoms with Gasteiger partial charge in [-0.3, -0.25) is 10.1 Å². The first-order valence-electron chi connectivity index (χ1n) is 8.02. The van der Waals surface area contributed by atoms with Gasteiger partial charge in [0.05, 0.1) is 12.0 Å². The minimum Gasteiger partial charge on any atom is -0.497 e. The lowest BCUT2D eigenvalue weighted by Crippen LogP contribution is -2.36. The highest BCUT2D eigenvalue weighted by Gasteiger charge is 2.32. The maximum Gasteiger partial charge on any atom is 0.322 e. The van der Waals surface area contributed by atoms with Gasteiger partial charge in [-0.1, -0.05) is 18.2 Å². The Bertz CT molecular complexity index is 772. The number of non-ortho nitro benzene ring substituents is 1. The molecule has 0 unspecified atom stereocenters. The van der Waals surface area contributed by atoms with Crippen molar-refractivity contribution in [2.45, 2.75) is 25.4 Å². The van der Waals surface area contributed by atoms with Crippen molar-refractivity contribution in [3.63, 3.8) is 0 Å². The third-order valence-electron chi connectivity index (χ3n) is 4.07. The van der Waals surface area contributed by atoms with Gasteiger partial charge in [-0.15, -0.1) is 0 Å². The number of nitro benzene ring substituents is 1. The maximum atomic E-state index is 12.6. The van der Waals surface area contributed by atoms with Crippen LogP contribution in [0.3, 0.4) is 0 Å². The lowest BCUT2D eigenvalue weighted by atomic mass is 10.2. The van der Waals surface area contributed by atoms with Crippen LogP contribution in [0.15, 0.2) is 48.5 Å². The zero-order valence-corrected chi connectivity index (χ0v) is 13.8. The minimum atomic E-state index is -0.480. The number of amides is 2. The zero-order chi connectivity index (χ0) is 17.8. The number of carbonyl (C=O) groups is 1. The summed E-state index contributed by atoms with van der Waals surface area (Å²) < 4.78 is 5.14. The molecule has 1 saturated carbocycles. The van der Waals surface area contributed by atoms with Crippen LogP contribution in [0.25, 0.3) is 0 Å². The average molecular weight is 341 g/mol. The third-order valence-corrected chi connectivity index (χ3v) is 4.07. The van der Waals surface area contributed by atoms with Gasteiger partial charge in [-0.05, 0) is 36.6 Å². The van der Waals surface area contributed by atoms with E-state index in [1.54, 1.807) is 24.1 Å². The van der Waals surface area contributed by atoms with Crippen molar-refractivity contribution < 1.29 is 14.5 Å². The minimum absolute atomic E-state index is 0.0501. The number of carbonyl (C=O) groups excluding carboxylic acids is 1. The molecule has 2 amide bonds. The number of urea groups is 1. The first kappa shape index (κ1) is 16.8. The number of benzene rings is 2. The van der Waals surface area contributed by atoms with Gasteiger partial charge in [0, 0.05) is 30.4 Å². The Morgan fingerprint density at radius 2 is 2.00 bits per heavy atom. The summed E-state index contributed by atoms with van der Waals surface area (Å²) in [5.74, 6) is 0.766. The van der Waals surface area contributed by atoms with E-state index in [4.69, 9.17) is 4.74 Å². The van der Waals surface area contributed by atoms with Crippen LogP contribution in [0.1, 0.15) is 18.4 Å². The second-order valence-electron chi connectivity index (χ2n) is 5.94. The quantitative estimate of drug-likeness (QED) is 0.640. The highest BCUT2D eigenvalue weighted by Crippen LogP contribution is 2.29. The number of nitrogens with one attached hydrogen (secondary N) is 1. The molecule has 0 heterocycles. The Morgan fingerprint density at radius 3 is 2.60 bits per heavy atom. The van der Waals surface area contributed by atoms with E-state index in [0.717, 1.165) is 24.2 Å². The Labute approximate surface area is 145 Å². The monoisotopic (exact) mass is 341 g/mol. The van der Waals surface area contributed by atoms with E-state index < -0.39 is 4.92 Å². The molecule has 130 valence electrons. The van der Waals surface area contributed by atoms with Gasteiger partial charge in [0.2, 0.25) is 0 Å². The number of anilines is 1. The van der Waals surface area contributed by atoms with Crippen LogP contribution in [0.2, 0.25) is 0 Å². The van der Waals surface area contributed by atoms with Crippen molar-refractivity contribution in [3.05, 3.63) is 64.2 Å². The molecule has 2 aromatic rings. The predicted molar refractivity (Wildman–Crippen MR) is 93.7 cm³/mol. The van der Waals surface area contributed by atoms with Crippen molar-refractivity contribution in [2.75, 3.05) is 12.4 Å². The largest absolute Gasteiger partial charge is 0.497 e. The molecule has 0 saturated heterocycles. The van der Waals surface area contributed by atoms with Crippen LogP contribution >= 0.6 is 0 Å². The molecular formula is C18H19N3O4. The predicted octanol–water partition coefficient (Wildman–Crippen LogP) is 3.80. The number of nitrogens with zero attached hydrogens (tertiary/aromatic N) is 2. The van der Waals surface area contributed by atoms with Gasteiger partial charge in [0.25, 0.3) is 5.69 Å². The number of ether oxygens (including phenoxy) is 1.